The Kier molecular flexibility index (Phi) is 8.30. The molecule has 8 atom stereocenters. The van der Waals surface area contributed by atoms with E-state index in [1.54, 1.807) is 5.57 Å². The molecule has 0 bridgehead atoms. The van der Waals surface area contributed by atoms with E-state index in [-0.39, 0.29) is 0 Å². The Morgan fingerprint density at radius 2 is 1.76 bits per heavy atom. The molecule has 196 valence electrons. The highest BCUT2D eigenvalue weighted by Gasteiger charge is 2.59. The molecule has 0 spiro atoms. The summed E-state index contributed by atoms with van der Waals surface area (Å²) in [4.78, 5) is 0. The van der Waals surface area contributed by atoms with E-state index in [0.717, 1.165) is 61.3 Å². The summed E-state index contributed by atoms with van der Waals surface area (Å²) in [7, 11) is 0. The summed E-state index contributed by atoms with van der Waals surface area (Å²) < 4.78 is 0. The lowest BCUT2D eigenvalue weighted by molar-refractivity contribution is -0.0843. The van der Waals surface area contributed by atoms with Gasteiger partial charge < -0.3 is 5.11 Å². The lowest BCUT2D eigenvalue weighted by Crippen LogP contribution is -2.56. The molecule has 0 aromatic rings. The zero-order valence-electron chi connectivity index (χ0n) is 23.6. The Hall–Kier alpha value is -0.340. The zero-order chi connectivity index (χ0) is 24.6. The monoisotopic (exact) mass is 471 g/mol. The van der Waals surface area contributed by atoms with Gasteiger partial charge in [-0.3, -0.25) is 5.32 Å². The second kappa shape index (κ2) is 10.6. The summed E-state index contributed by atoms with van der Waals surface area (Å²) >= 11 is 0. The molecule has 0 heterocycles. The standard InChI is InChI=1S/C32H57NO/c1-7-8-9-21-33-32(34)20-19-30(5)25(22-32)13-14-26-28-16-15-27(24(4)12-10-11-23(2)3)31(28,6)18-17-29(26)30/h13,23-24,26-29,33-34H,7-12,14-22H2,1-6H3/t24-,26+,27-,28+,29+,30+,31-,32?/m1/s1. The first-order valence-corrected chi connectivity index (χ1v) is 15.3. The van der Waals surface area contributed by atoms with Gasteiger partial charge in [0.05, 0.1) is 0 Å². The van der Waals surface area contributed by atoms with Gasteiger partial charge in [-0.15, -0.1) is 0 Å². The summed E-state index contributed by atoms with van der Waals surface area (Å²) in [6.45, 7) is 15.8. The predicted octanol–water partition coefficient (Wildman–Crippen LogP) is 8.50. The van der Waals surface area contributed by atoms with Crippen LogP contribution in [0.4, 0.5) is 0 Å². The van der Waals surface area contributed by atoms with Gasteiger partial charge in [0, 0.05) is 6.42 Å². The number of fused-ring (bicyclic) bond motifs is 5. The number of hydrogen-bond donors (Lipinski definition) is 2. The van der Waals surface area contributed by atoms with Crippen LogP contribution in [-0.4, -0.2) is 17.4 Å². The molecule has 0 radical (unpaired) electrons. The molecule has 3 saturated carbocycles. The molecule has 4 aliphatic carbocycles. The summed E-state index contributed by atoms with van der Waals surface area (Å²) in [6, 6.07) is 0. The van der Waals surface area contributed by atoms with Gasteiger partial charge in [-0.05, 0) is 104 Å². The Balaban J connectivity index is 1.43. The van der Waals surface area contributed by atoms with Gasteiger partial charge in [0.15, 0.2) is 0 Å². The zero-order valence-corrected chi connectivity index (χ0v) is 23.6. The summed E-state index contributed by atoms with van der Waals surface area (Å²) in [6.07, 6.45) is 20.6. The smallest absolute Gasteiger partial charge is 0.119 e. The number of unbranched alkanes of at least 4 members (excludes halogenated alkanes) is 2. The van der Waals surface area contributed by atoms with Crippen LogP contribution in [0.25, 0.3) is 0 Å². The van der Waals surface area contributed by atoms with Crippen LogP contribution in [0.5, 0.6) is 0 Å². The summed E-state index contributed by atoms with van der Waals surface area (Å²) in [5, 5.41) is 14.9. The van der Waals surface area contributed by atoms with Gasteiger partial charge in [-0.1, -0.05) is 85.3 Å². The molecule has 2 heteroatoms. The van der Waals surface area contributed by atoms with Crippen LogP contribution in [0, 0.1) is 46.3 Å². The fourth-order valence-corrected chi connectivity index (χ4v) is 9.52. The van der Waals surface area contributed by atoms with Crippen LogP contribution in [0.15, 0.2) is 11.6 Å². The molecule has 2 N–H and O–H groups in total. The van der Waals surface area contributed by atoms with Gasteiger partial charge in [-0.25, -0.2) is 0 Å². The highest BCUT2D eigenvalue weighted by Crippen LogP contribution is 2.67. The SMILES string of the molecule is CCCCCNC1(O)CC[C@@]2(C)C(=CC[C@H]3[C@@H]4CC[C@H]([C@H](C)CCCC(C)C)[C@@]4(C)CC[C@@H]32)C1. The molecule has 4 aliphatic rings. The van der Waals surface area contributed by atoms with E-state index in [1.165, 1.54) is 70.6 Å². The van der Waals surface area contributed by atoms with Crippen molar-refractivity contribution in [3.63, 3.8) is 0 Å². The Labute approximate surface area is 212 Å². The van der Waals surface area contributed by atoms with Crippen molar-refractivity contribution in [1.82, 2.24) is 5.32 Å². The van der Waals surface area contributed by atoms with Crippen LogP contribution in [0.2, 0.25) is 0 Å². The molecular formula is C32H57NO. The first-order chi connectivity index (χ1) is 16.1. The minimum Gasteiger partial charge on any atom is -0.376 e. The maximum atomic E-state index is 11.4. The lowest BCUT2D eigenvalue weighted by atomic mass is 9.46. The molecule has 0 aromatic heterocycles. The molecule has 2 nitrogen and oxygen atoms in total. The van der Waals surface area contributed by atoms with Crippen molar-refractivity contribution in [1.29, 1.82) is 0 Å². The van der Waals surface area contributed by atoms with Crippen molar-refractivity contribution >= 4 is 0 Å². The highest BCUT2D eigenvalue weighted by atomic mass is 16.3. The fraction of sp³-hybridized carbons (Fsp3) is 0.938. The minimum absolute atomic E-state index is 0.322. The van der Waals surface area contributed by atoms with E-state index in [1.807, 2.05) is 0 Å². The average molecular weight is 472 g/mol. The van der Waals surface area contributed by atoms with Crippen LogP contribution < -0.4 is 5.32 Å². The van der Waals surface area contributed by atoms with Gasteiger partial charge in [0.25, 0.3) is 0 Å². The quantitative estimate of drug-likeness (QED) is 0.190. The molecule has 0 aromatic carbocycles. The first kappa shape index (κ1) is 26.7. The van der Waals surface area contributed by atoms with Crippen LogP contribution in [0.1, 0.15) is 131 Å². The van der Waals surface area contributed by atoms with Crippen molar-refractivity contribution in [2.24, 2.45) is 46.3 Å². The van der Waals surface area contributed by atoms with Gasteiger partial charge in [-0.2, -0.15) is 0 Å². The molecule has 0 aliphatic heterocycles. The Morgan fingerprint density at radius 3 is 2.50 bits per heavy atom. The summed E-state index contributed by atoms with van der Waals surface area (Å²) in [5.41, 5.74) is 1.81. The molecule has 34 heavy (non-hydrogen) atoms. The summed E-state index contributed by atoms with van der Waals surface area (Å²) in [5.74, 6) is 5.31. The van der Waals surface area contributed by atoms with Crippen LogP contribution in [0.3, 0.4) is 0 Å². The Morgan fingerprint density at radius 1 is 0.971 bits per heavy atom. The average Bonchev–Trinajstić information content (AvgIpc) is 3.14. The molecule has 0 amide bonds. The second-order valence-electron chi connectivity index (χ2n) is 14.1. The third-order valence-electron chi connectivity index (χ3n) is 11.6. The largest absolute Gasteiger partial charge is 0.376 e. The number of nitrogens with one attached hydrogen (secondary N) is 1. The third kappa shape index (κ3) is 5.06. The normalized spacial score (nSPS) is 42.6. The Bertz CT molecular complexity index is 714. The predicted molar refractivity (Wildman–Crippen MR) is 146 cm³/mol. The van der Waals surface area contributed by atoms with Crippen molar-refractivity contribution in [3.05, 3.63) is 11.6 Å². The van der Waals surface area contributed by atoms with Gasteiger partial charge >= 0.3 is 0 Å². The van der Waals surface area contributed by atoms with Gasteiger partial charge in [0.1, 0.15) is 5.72 Å². The molecule has 1 unspecified atom stereocenters. The van der Waals surface area contributed by atoms with E-state index in [4.69, 9.17) is 0 Å². The number of allylic oxidation sites excluding steroid dienone is 1. The maximum Gasteiger partial charge on any atom is 0.119 e. The minimum atomic E-state index is -0.668. The molecule has 0 saturated heterocycles. The van der Waals surface area contributed by atoms with Crippen LogP contribution in [-0.2, 0) is 0 Å². The third-order valence-corrected chi connectivity index (χ3v) is 11.6. The van der Waals surface area contributed by atoms with Crippen LogP contribution >= 0.6 is 0 Å². The van der Waals surface area contributed by atoms with Crippen molar-refractivity contribution < 1.29 is 5.11 Å². The lowest BCUT2D eigenvalue weighted by Gasteiger charge is -2.59. The number of rotatable bonds is 10. The molecular weight excluding hydrogens is 414 g/mol. The first-order valence-electron chi connectivity index (χ1n) is 15.3. The van der Waals surface area contributed by atoms with E-state index in [0.29, 0.717) is 10.8 Å². The van der Waals surface area contributed by atoms with Gasteiger partial charge in [0.2, 0.25) is 0 Å². The fourth-order valence-electron chi connectivity index (χ4n) is 9.52. The molecule has 4 rings (SSSR count). The maximum absolute atomic E-state index is 11.4. The highest BCUT2D eigenvalue weighted by molar-refractivity contribution is 5.27. The van der Waals surface area contributed by atoms with E-state index in [9.17, 15) is 5.11 Å². The van der Waals surface area contributed by atoms with E-state index >= 15 is 0 Å². The van der Waals surface area contributed by atoms with Crippen molar-refractivity contribution in [2.75, 3.05) is 6.54 Å². The van der Waals surface area contributed by atoms with E-state index < -0.39 is 5.72 Å². The second-order valence-corrected chi connectivity index (χ2v) is 14.1. The van der Waals surface area contributed by atoms with E-state index in [2.05, 4.69) is 52.9 Å². The number of aliphatic hydroxyl groups is 1. The topological polar surface area (TPSA) is 32.3 Å². The van der Waals surface area contributed by atoms with Crippen molar-refractivity contribution in [3.8, 4) is 0 Å². The number of hydrogen-bond acceptors (Lipinski definition) is 2. The van der Waals surface area contributed by atoms with Crippen molar-refractivity contribution in [2.45, 2.75) is 137 Å². The molecule has 3 fully saturated rings.